The lowest BCUT2D eigenvalue weighted by atomic mass is 9.72. The van der Waals surface area contributed by atoms with Gasteiger partial charge in [-0.05, 0) is 95.3 Å². The Hall–Kier alpha value is -2.63. The highest BCUT2D eigenvalue weighted by atomic mass is 14.8. The van der Waals surface area contributed by atoms with Crippen LogP contribution in [0.4, 0.5) is 0 Å². The van der Waals surface area contributed by atoms with Gasteiger partial charge >= 0.3 is 0 Å². The van der Waals surface area contributed by atoms with Crippen molar-refractivity contribution < 1.29 is 0 Å². The van der Waals surface area contributed by atoms with Crippen LogP contribution in [-0.4, -0.2) is 18.3 Å². The van der Waals surface area contributed by atoms with E-state index in [4.69, 9.17) is 17.1 Å². The Labute approximate surface area is 268 Å². The molecule has 0 bridgehead atoms. The quantitative estimate of drug-likeness (QED) is 0.0637. The Morgan fingerprint density at radius 1 is 1.07 bits per heavy atom. The number of allylic oxidation sites excluding steroid dienone is 7. The molecule has 0 amide bonds. The number of aliphatic imine (C=N–C) groups is 1. The van der Waals surface area contributed by atoms with Crippen LogP contribution >= 0.6 is 0 Å². The Morgan fingerprint density at radius 3 is 2.30 bits per heavy atom. The molecular formula is C41H66N2. The van der Waals surface area contributed by atoms with Crippen molar-refractivity contribution in [3.63, 3.8) is 0 Å². The topological polar surface area (TPSA) is 38.4 Å². The molecule has 3 atom stereocenters. The average Bonchev–Trinajstić information content (AvgIpc) is 2.95. The molecule has 0 heterocycles. The van der Waals surface area contributed by atoms with E-state index in [0.717, 1.165) is 30.4 Å². The van der Waals surface area contributed by atoms with Crippen molar-refractivity contribution in [2.45, 2.75) is 126 Å². The largest absolute Gasteiger partial charge is 0.330 e. The third kappa shape index (κ3) is 17.3. The van der Waals surface area contributed by atoms with Crippen LogP contribution in [0.25, 0.3) is 0 Å². The third-order valence-corrected chi connectivity index (χ3v) is 8.50. The molecule has 2 nitrogen and oxygen atoms in total. The highest BCUT2D eigenvalue weighted by Gasteiger charge is 2.25. The first kappa shape index (κ1) is 40.4. The van der Waals surface area contributed by atoms with Gasteiger partial charge in [-0.3, -0.25) is 4.99 Å². The first-order valence-electron chi connectivity index (χ1n) is 16.6. The Morgan fingerprint density at radius 2 is 1.74 bits per heavy atom. The first-order chi connectivity index (χ1) is 20.3. The van der Waals surface area contributed by atoms with E-state index in [0.29, 0.717) is 12.5 Å². The lowest BCUT2D eigenvalue weighted by Crippen LogP contribution is -2.27. The summed E-state index contributed by atoms with van der Waals surface area (Å²) in [5.74, 6) is 5.25. The number of terminal acetylenes is 1. The SMILES string of the molecule is C.C#C/C=C\C(=C/C/C(=C/C)C(CN)C(C)N=C(C)C)C(C)Cc1ccccc1.CC=CC1CC(CCCCCCC)C1. The molecule has 2 rings (SSSR count). The number of benzene rings is 1. The fourth-order valence-corrected chi connectivity index (χ4v) is 6.03. The van der Waals surface area contributed by atoms with Crippen LogP contribution in [0.1, 0.15) is 119 Å². The summed E-state index contributed by atoms with van der Waals surface area (Å²) in [6, 6.07) is 10.8. The molecule has 2 N–H and O–H groups in total. The van der Waals surface area contributed by atoms with Crippen molar-refractivity contribution in [2.75, 3.05) is 6.54 Å². The molecule has 240 valence electrons. The van der Waals surface area contributed by atoms with Gasteiger partial charge in [-0.15, -0.1) is 6.42 Å². The highest BCUT2D eigenvalue weighted by molar-refractivity contribution is 5.79. The molecule has 1 aromatic carbocycles. The molecule has 0 spiro atoms. The molecule has 1 fully saturated rings. The van der Waals surface area contributed by atoms with Gasteiger partial charge in [-0.1, -0.05) is 132 Å². The molecule has 1 aliphatic rings. The fourth-order valence-electron chi connectivity index (χ4n) is 6.03. The van der Waals surface area contributed by atoms with Crippen molar-refractivity contribution in [2.24, 2.45) is 34.4 Å². The Balaban J connectivity index is 0.000000987. The lowest BCUT2D eigenvalue weighted by Gasteiger charge is -2.33. The molecule has 3 unspecified atom stereocenters. The fraction of sp³-hybridized carbons (Fsp3) is 0.585. The van der Waals surface area contributed by atoms with Gasteiger partial charge in [0.15, 0.2) is 0 Å². The van der Waals surface area contributed by atoms with Gasteiger partial charge < -0.3 is 5.73 Å². The summed E-state index contributed by atoms with van der Waals surface area (Å²) in [7, 11) is 0. The maximum Gasteiger partial charge on any atom is 0.0548 e. The van der Waals surface area contributed by atoms with Gasteiger partial charge in [0.1, 0.15) is 0 Å². The second-order valence-corrected chi connectivity index (χ2v) is 12.3. The van der Waals surface area contributed by atoms with Gasteiger partial charge in [0.25, 0.3) is 0 Å². The zero-order valence-corrected chi connectivity index (χ0v) is 28.1. The summed E-state index contributed by atoms with van der Waals surface area (Å²) in [5.41, 5.74) is 11.1. The minimum absolute atomic E-state index is 0. The Bertz CT molecular complexity index is 1020. The van der Waals surface area contributed by atoms with E-state index in [-0.39, 0.29) is 19.4 Å². The summed E-state index contributed by atoms with van der Waals surface area (Å²) >= 11 is 0. The number of rotatable bonds is 17. The van der Waals surface area contributed by atoms with Crippen LogP contribution in [0.3, 0.4) is 0 Å². The molecule has 1 saturated carbocycles. The zero-order valence-electron chi connectivity index (χ0n) is 28.1. The Kier molecular flexibility index (Phi) is 23.3. The van der Waals surface area contributed by atoms with Crippen molar-refractivity contribution in [1.29, 1.82) is 0 Å². The second kappa shape index (κ2) is 24.8. The number of hydrogen-bond donors (Lipinski definition) is 1. The summed E-state index contributed by atoms with van der Waals surface area (Å²) in [4.78, 5) is 4.72. The first-order valence-corrected chi connectivity index (χ1v) is 16.6. The molecule has 2 heteroatoms. The van der Waals surface area contributed by atoms with E-state index in [1.807, 2.05) is 13.8 Å². The van der Waals surface area contributed by atoms with Crippen LogP contribution in [0.5, 0.6) is 0 Å². The van der Waals surface area contributed by atoms with Gasteiger partial charge in [-0.25, -0.2) is 0 Å². The minimum Gasteiger partial charge on any atom is -0.330 e. The maximum atomic E-state index is 6.10. The average molecular weight is 587 g/mol. The van der Waals surface area contributed by atoms with Crippen LogP contribution in [0, 0.1) is 36.0 Å². The summed E-state index contributed by atoms with van der Waals surface area (Å²) in [6.45, 7) is 15.6. The van der Waals surface area contributed by atoms with Gasteiger partial charge in [0.05, 0.1) is 6.04 Å². The summed E-state index contributed by atoms with van der Waals surface area (Å²) < 4.78 is 0. The molecule has 1 aliphatic carbocycles. The van der Waals surface area contributed by atoms with E-state index in [1.165, 1.54) is 68.1 Å². The monoisotopic (exact) mass is 587 g/mol. The molecular weight excluding hydrogens is 520 g/mol. The van der Waals surface area contributed by atoms with E-state index in [9.17, 15) is 0 Å². The van der Waals surface area contributed by atoms with Gasteiger partial charge in [0, 0.05) is 18.2 Å². The number of unbranched alkanes of at least 4 members (excludes halogenated alkanes) is 4. The van der Waals surface area contributed by atoms with Crippen molar-refractivity contribution in [1.82, 2.24) is 0 Å². The number of hydrogen-bond acceptors (Lipinski definition) is 2. The standard InChI is InChI=1S/C26H36N2.C14H26.CH4/c1-7-9-15-25(21(5)18-23-13-11-10-12-14-23)17-16-24(8-2)26(19-27)22(6)28-20(3)4;1-3-5-6-7-8-10-14-11-13(12-14)9-4-2;/h1,8-15,17,21-22,26H,16,18-19,27H2,2-6H3;4,9,13-14H,3,5-8,10-12H2,1-2H3;1H4/b15-9-,24-8-,25-17+;;. The van der Waals surface area contributed by atoms with E-state index in [1.54, 1.807) is 6.08 Å². The van der Waals surface area contributed by atoms with Gasteiger partial charge in [-0.2, -0.15) is 0 Å². The van der Waals surface area contributed by atoms with Crippen molar-refractivity contribution >= 4 is 5.71 Å². The minimum atomic E-state index is 0. The third-order valence-electron chi connectivity index (χ3n) is 8.50. The predicted octanol–water partition coefficient (Wildman–Crippen LogP) is 11.3. The van der Waals surface area contributed by atoms with E-state index in [2.05, 4.69) is 101 Å². The summed E-state index contributed by atoms with van der Waals surface area (Å²) in [6.07, 6.45) is 31.9. The highest BCUT2D eigenvalue weighted by Crippen LogP contribution is 2.38. The van der Waals surface area contributed by atoms with E-state index < -0.39 is 0 Å². The zero-order chi connectivity index (χ0) is 31.2. The van der Waals surface area contributed by atoms with Crippen molar-refractivity contribution in [3.8, 4) is 12.3 Å². The smallest absolute Gasteiger partial charge is 0.0548 e. The normalized spacial score (nSPS) is 19.0. The molecule has 1 aromatic rings. The maximum absolute atomic E-state index is 6.10. The van der Waals surface area contributed by atoms with Crippen LogP contribution in [-0.2, 0) is 6.42 Å². The van der Waals surface area contributed by atoms with Crippen LogP contribution in [0.15, 0.2) is 82.9 Å². The molecule has 0 saturated heterocycles. The molecule has 43 heavy (non-hydrogen) atoms. The van der Waals surface area contributed by atoms with Gasteiger partial charge in [0.2, 0.25) is 0 Å². The number of nitrogens with zero attached hydrogens (tertiary/aromatic N) is 1. The second-order valence-electron chi connectivity index (χ2n) is 12.3. The molecule has 0 aromatic heterocycles. The lowest BCUT2D eigenvalue weighted by molar-refractivity contribution is 0.219. The van der Waals surface area contributed by atoms with Crippen LogP contribution in [0.2, 0.25) is 0 Å². The van der Waals surface area contributed by atoms with Crippen molar-refractivity contribution in [3.05, 3.63) is 83.5 Å². The number of nitrogens with two attached hydrogens (primary N) is 1. The predicted molar refractivity (Wildman–Crippen MR) is 196 cm³/mol. The summed E-state index contributed by atoms with van der Waals surface area (Å²) in [5, 5.41) is 0. The molecule has 0 radical (unpaired) electrons. The molecule has 0 aliphatic heterocycles. The van der Waals surface area contributed by atoms with E-state index >= 15 is 0 Å². The van der Waals surface area contributed by atoms with Crippen LogP contribution < -0.4 is 5.73 Å².